The summed E-state index contributed by atoms with van der Waals surface area (Å²) in [6.45, 7) is 0.337. The second-order valence-corrected chi connectivity index (χ2v) is 5.18. The third kappa shape index (κ3) is 3.76. The molecule has 0 saturated carbocycles. The molecule has 21 heavy (non-hydrogen) atoms. The fraction of sp³-hybridized carbons (Fsp3) is 0.133. The van der Waals surface area contributed by atoms with Gasteiger partial charge in [-0.15, -0.1) is 0 Å². The zero-order chi connectivity index (χ0) is 15.5. The Balaban J connectivity index is 2.11. The number of hydrogen-bond donors (Lipinski definition) is 1. The normalized spacial score (nSPS) is 11.0. The maximum Gasteiger partial charge on any atom is 0.416 e. The number of hydrogen-bond acceptors (Lipinski definition) is 2. The van der Waals surface area contributed by atoms with Gasteiger partial charge in [-0.05, 0) is 45.8 Å². The summed E-state index contributed by atoms with van der Waals surface area (Å²) in [5.41, 5.74) is 1.12. The van der Waals surface area contributed by atoms with Crippen molar-refractivity contribution < 1.29 is 13.2 Å². The predicted octanol–water partition coefficient (Wildman–Crippen LogP) is 4.95. The number of rotatable bonds is 3. The summed E-state index contributed by atoms with van der Waals surface area (Å²) in [6, 6.07) is 12.3. The smallest absolute Gasteiger partial charge is 0.380 e. The predicted molar refractivity (Wildman–Crippen MR) is 77.6 cm³/mol. The van der Waals surface area contributed by atoms with Crippen molar-refractivity contribution in [1.29, 1.82) is 5.26 Å². The van der Waals surface area contributed by atoms with E-state index in [0.717, 1.165) is 12.1 Å². The fourth-order valence-electron chi connectivity index (χ4n) is 1.79. The van der Waals surface area contributed by atoms with Crippen molar-refractivity contribution in [3.05, 3.63) is 63.6 Å². The molecule has 0 fully saturated rings. The summed E-state index contributed by atoms with van der Waals surface area (Å²) in [4.78, 5) is 0. The molecule has 1 N–H and O–H groups in total. The van der Waals surface area contributed by atoms with Crippen molar-refractivity contribution in [2.45, 2.75) is 12.7 Å². The van der Waals surface area contributed by atoms with Crippen LogP contribution in [0.1, 0.15) is 16.7 Å². The zero-order valence-corrected chi connectivity index (χ0v) is 12.3. The number of nitrogens with one attached hydrogen (secondary N) is 1. The number of benzene rings is 2. The zero-order valence-electron chi connectivity index (χ0n) is 10.7. The van der Waals surface area contributed by atoms with E-state index in [0.29, 0.717) is 27.8 Å². The van der Waals surface area contributed by atoms with Gasteiger partial charge in [-0.1, -0.05) is 18.2 Å². The molecule has 2 aromatic rings. The van der Waals surface area contributed by atoms with E-state index in [-0.39, 0.29) is 0 Å². The summed E-state index contributed by atoms with van der Waals surface area (Å²) in [5, 5.41) is 12.1. The van der Waals surface area contributed by atoms with Gasteiger partial charge in [-0.3, -0.25) is 0 Å². The number of anilines is 1. The summed E-state index contributed by atoms with van der Waals surface area (Å²) >= 11 is 3.28. The molecule has 0 aromatic heterocycles. The SMILES string of the molecule is N#Cc1c(Br)cccc1NCc1ccc(C(F)(F)F)cc1. The second kappa shape index (κ2) is 6.19. The highest BCUT2D eigenvalue weighted by Gasteiger charge is 2.29. The van der Waals surface area contributed by atoms with Crippen LogP contribution in [0, 0.1) is 11.3 Å². The molecule has 0 unspecified atom stereocenters. The maximum absolute atomic E-state index is 12.5. The van der Waals surface area contributed by atoms with Crippen LogP contribution in [0.15, 0.2) is 46.9 Å². The van der Waals surface area contributed by atoms with Crippen LogP contribution in [0.3, 0.4) is 0 Å². The first-order valence-electron chi connectivity index (χ1n) is 6.00. The minimum Gasteiger partial charge on any atom is -0.380 e. The Morgan fingerprint density at radius 1 is 1.10 bits per heavy atom. The van der Waals surface area contributed by atoms with Crippen molar-refractivity contribution in [3.63, 3.8) is 0 Å². The maximum atomic E-state index is 12.5. The Kier molecular flexibility index (Phi) is 4.53. The second-order valence-electron chi connectivity index (χ2n) is 4.32. The van der Waals surface area contributed by atoms with Crippen LogP contribution < -0.4 is 5.32 Å². The lowest BCUT2D eigenvalue weighted by Crippen LogP contribution is -2.06. The lowest BCUT2D eigenvalue weighted by molar-refractivity contribution is -0.137. The molecule has 2 aromatic carbocycles. The Hall–Kier alpha value is -2.00. The number of alkyl halides is 3. The van der Waals surface area contributed by atoms with Gasteiger partial charge in [0.1, 0.15) is 6.07 Å². The Labute approximate surface area is 128 Å². The van der Waals surface area contributed by atoms with Crippen LogP contribution in [-0.2, 0) is 12.7 Å². The number of nitriles is 1. The molecule has 108 valence electrons. The Morgan fingerprint density at radius 3 is 2.33 bits per heavy atom. The third-order valence-corrected chi connectivity index (χ3v) is 3.55. The van der Waals surface area contributed by atoms with Crippen LogP contribution in [0.25, 0.3) is 0 Å². The monoisotopic (exact) mass is 354 g/mol. The van der Waals surface area contributed by atoms with Gasteiger partial charge in [0.25, 0.3) is 0 Å². The summed E-state index contributed by atoms with van der Waals surface area (Å²) in [7, 11) is 0. The summed E-state index contributed by atoms with van der Waals surface area (Å²) in [6.07, 6.45) is -4.33. The molecule has 0 bridgehead atoms. The van der Waals surface area contributed by atoms with Gasteiger partial charge < -0.3 is 5.32 Å². The van der Waals surface area contributed by atoms with Gasteiger partial charge in [0.15, 0.2) is 0 Å². The van der Waals surface area contributed by atoms with E-state index in [4.69, 9.17) is 5.26 Å². The number of halogens is 4. The van der Waals surface area contributed by atoms with Crippen molar-refractivity contribution in [2.24, 2.45) is 0 Å². The van der Waals surface area contributed by atoms with Crippen LogP contribution in [-0.4, -0.2) is 0 Å². The first-order valence-corrected chi connectivity index (χ1v) is 6.80. The van der Waals surface area contributed by atoms with Gasteiger partial charge in [0.05, 0.1) is 16.8 Å². The lowest BCUT2D eigenvalue weighted by atomic mass is 10.1. The minimum absolute atomic E-state index is 0.337. The number of nitrogens with zero attached hydrogens (tertiary/aromatic N) is 1. The molecule has 0 aliphatic carbocycles. The summed E-state index contributed by atoms with van der Waals surface area (Å²) < 4.78 is 38.0. The van der Waals surface area contributed by atoms with Crippen LogP contribution in [0.2, 0.25) is 0 Å². The highest BCUT2D eigenvalue weighted by atomic mass is 79.9. The minimum atomic E-state index is -4.33. The lowest BCUT2D eigenvalue weighted by Gasteiger charge is -2.11. The molecular formula is C15H10BrF3N2. The first-order chi connectivity index (χ1) is 9.91. The summed E-state index contributed by atoms with van der Waals surface area (Å²) in [5.74, 6) is 0. The highest BCUT2D eigenvalue weighted by molar-refractivity contribution is 9.10. The largest absolute Gasteiger partial charge is 0.416 e. The van der Waals surface area contributed by atoms with E-state index in [2.05, 4.69) is 27.3 Å². The molecule has 0 atom stereocenters. The molecule has 0 heterocycles. The molecule has 0 amide bonds. The van der Waals surface area contributed by atoms with Gasteiger partial charge in [0.2, 0.25) is 0 Å². The van der Waals surface area contributed by atoms with Gasteiger partial charge >= 0.3 is 6.18 Å². The van der Waals surface area contributed by atoms with Crippen LogP contribution in [0.5, 0.6) is 0 Å². The average Bonchev–Trinajstić information content (AvgIpc) is 2.44. The highest BCUT2D eigenvalue weighted by Crippen LogP contribution is 2.29. The molecule has 2 rings (SSSR count). The van der Waals surface area contributed by atoms with Crippen molar-refractivity contribution in [1.82, 2.24) is 0 Å². The van der Waals surface area contributed by atoms with Gasteiger partial charge in [0, 0.05) is 11.0 Å². The quantitative estimate of drug-likeness (QED) is 0.846. The molecule has 6 heteroatoms. The first kappa shape index (κ1) is 15.4. The third-order valence-electron chi connectivity index (χ3n) is 2.89. The van der Waals surface area contributed by atoms with Gasteiger partial charge in [-0.2, -0.15) is 18.4 Å². The van der Waals surface area contributed by atoms with Gasteiger partial charge in [-0.25, -0.2) is 0 Å². The van der Waals surface area contributed by atoms with Crippen molar-refractivity contribution in [2.75, 3.05) is 5.32 Å². The average molecular weight is 355 g/mol. The fourth-order valence-corrected chi connectivity index (χ4v) is 2.25. The molecular weight excluding hydrogens is 345 g/mol. The van der Waals surface area contributed by atoms with E-state index in [9.17, 15) is 13.2 Å². The molecule has 0 radical (unpaired) electrons. The Bertz CT molecular complexity index is 673. The molecule has 0 aliphatic rings. The molecule has 0 aliphatic heterocycles. The van der Waals surface area contributed by atoms with E-state index in [1.807, 2.05) is 0 Å². The standard InChI is InChI=1S/C15H10BrF3N2/c16-13-2-1-3-14(12(13)8-20)21-9-10-4-6-11(7-5-10)15(17,18)19/h1-7,21H,9H2. The van der Waals surface area contributed by atoms with Crippen molar-refractivity contribution in [3.8, 4) is 6.07 Å². The van der Waals surface area contributed by atoms with E-state index in [1.54, 1.807) is 18.2 Å². The van der Waals surface area contributed by atoms with E-state index in [1.165, 1.54) is 12.1 Å². The Morgan fingerprint density at radius 2 is 1.76 bits per heavy atom. The molecule has 0 spiro atoms. The molecule has 0 saturated heterocycles. The van der Waals surface area contributed by atoms with Crippen molar-refractivity contribution >= 4 is 21.6 Å². The van der Waals surface area contributed by atoms with Crippen LogP contribution >= 0.6 is 15.9 Å². The van der Waals surface area contributed by atoms with Crippen LogP contribution in [0.4, 0.5) is 18.9 Å². The van der Waals surface area contributed by atoms with E-state index < -0.39 is 11.7 Å². The molecule has 2 nitrogen and oxygen atoms in total. The van der Waals surface area contributed by atoms with E-state index >= 15 is 0 Å². The topological polar surface area (TPSA) is 35.8 Å².